The summed E-state index contributed by atoms with van der Waals surface area (Å²) in [5, 5.41) is 3.61. The first-order chi connectivity index (χ1) is 7.21. The van der Waals surface area contributed by atoms with Crippen LogP contribution in [0.4, 0.5) is 0 Å². The van der Waals surface area contributed by atoms with E-state index < -0.39 is 0 Å². The molecule has 1 atom stereocenters. The van der Waals surface area contributed by atoms with E-state index in [1.165, 1.54) is 19.3 Å². The molecule has 1 unspecified atom stereocenters. The van der Waals surface area contributed by atoms with Gasteiger partial charge in [0.25, 0.3) is 0 Å². The lowest BCUT2D eigenvalue weighted by Crippen LogP contribution is -2.34. The summed E-state index contributed by atoms with van der Waals surface area (Å²) in [7, 11) is 0. The third-order valence-corrected chi connectivity index (χ3v) is 3.69. The predicted octanol–water partition coefficient (Wildman–Crippen LogP) is 2.05. The minimum Gasteiger partial charge on any atom is -0.337 e. The van der Waals surface area contributed by atoms with Crippen molar-refractivity contribution in [2.75, 3.05) is 6.54 Å². The Labute approximate surface area is 91.9 Å². The zero-order valence-electron chi connectivity index (χ0n) is 9.74. The van der Waals surface area contributed by atoms with Gasteiger partial charge in [-0.25, -0.2) is 4.98 Å². The Morgan fingerprint density at radius 3 is 2.93 bits per heavy atom. The Morgan fingerprint density at radius 1 is 1.53 bits per heavy atom. The van der Waals surface area contributed by atoms with Gasteiger partial charge < -0.3 is 9.88 Å². The van der Waals surface area contributed by atoms with Crippen molar-refractivity contribution in [2.45, 2.75) is 45.7 Å². The van der Waals surface area contributed by atoms with Crippen LogP contribution in [-0.4, -0.2) is 22.1 Å². The minimum atomic E-state index is 0.592. The monoisotopic (exact) mass is 207 g/mol. The van der Waals surface area contributed by atoms with Crippen LogP contribution in [0, 0.1) is 5.41 Å². The summed E-state index contributed by atoms with van der Waals surface area (Å²) in [5.41, 5.74) is 0.592. The summed E-state index contributed by atoms with van der Waals surface area (Å²) in [4.78, 5) is 4.03. The Balaban J connectivity index is 1.59. The van der Waals surface area contributed by atoms with Crippen molar-refractivity contribution >= 4 is 0 Å². The molecule has 1 saturated carbocycles. The molecule has 1 N–H and O–H groups in total. The van der Waals surface area contributed by atoms with Gasteiger partial charge in [-0.3, -0.25) is 0 Å². The maximum absolute atomic E-state index is 4.03. The highest BCUT2D eigenvalue weighted by atomic mass is 15.0. The zero-order valence-corrected chi connectivity index (χ0v) is 9.74. The van der Waals surface area contributed by atoms with Crippen molar-refractivity contribution in [3.63, 3.8) is 0 Å². The van der Waals surface area contributed by atoms with Gasteiger partial charge >= 0.3 is 0 Å². The van der Waals surface area contributed by atoms with Crippen molar-refractivity contribution in [3.8, 4) is 0 Å². The molecule has 1 aromatic heterocycles. The molecular formula is C12H21N3. The Bertz CT molecular complexity index is 288. The van der Waals surface area contributed by atoms with Crippen LogP contribution in [0.3, 0.4) is 0 Å². The molecule has 0 amide bonds. The largest absolute Gasteiger partial charge is 0.337 e. The van der Waals surface area contributed by atoms with Gasteiger partial charge in [0.1, 0.15) is 0 Å². The van der Waals surface area contributed by atoms with Crippen molar-refractivity contribution in [2.24, 2.45) is 5.41 Å². The first-order valence-electron chi connectivity index (χ1n) is 5.90. The highest BCUT2D eigenvalue weighted by molar-refractivity contribution is 4.96. The van der Waals surface area contributed by atoms with Gasteiger partial charge in [0, 0.05) is 25.0 Å². The van der Waals surface area contributed by atoms with Crippen molar-refractivity contribution < 1.29 is 0 Å². The van der Waals surface area contributed by atoms with E-state index in [0.717, 1.165) is 13.1 Å². The number of imidazole rings is 1. The van der Waals surface area contributed by atoms with Crippen LogP contribution in [0.1, 0.15) is 33.1 Å². The van der Waals surface area contributed by atoms with E-state index in [4.69, 9.17) is 0 Å². The quantitative estimate of drug-likeness (QED) is 0.724. The SMILES string of the molecule is CC(NCCCn1ccnc1)C1(C)CC1. The van der Waals surface area contributed by atoms with Crippen LogP contribution in [-0.2, 0) is 6.54 Å². The molecule has 0 aromatic carbocycles. The molecule has 84 valence electrons. The lowest BCUT2D eigenvalue weighted by molar-refractivity contribution is 0.375. The lowest BCUT2D eigenvalue weighted by Gasteiger charge is -2.20. The molecule has 0 spiro atoms. The number of nitrogens with zero attached hydrogens (tertiary/aromatic N) is 2. The highest BCUT2D eigenvalue weighted by Gasteiger charge is 2.41. The third kappa shape index (κ3) is 2.81. The van der Waals surface area contributed by atoms with Gasteiger partial charge in [0.05, 0.1) is 6.33 Å². The van der Waals surface area contributed by atoms with Gasteiger partial charge in [0.15, 0.2) is 0 Å². The molecule has 0 radical (unpaired) electrons. The smallest absolute Gasteiger partial charge is 0.0945 e. The number of hydrogen-bond donors (Lipinski definition) is 1. The van der Waals surface area contributed by atoms with Crippen LogP contribution in [0.25, 0.3) is 0 Å². The van der Waals surface area contributed by atoms with E-state index in [1.54, 1.807) is 0 Å². The second-order valence-corrected chi connectivity index (χ2v) is 4.98. The average Bonchev–Trinajstić information content (AvgIpc) is 2.80. The summed E-state index contributed by atoms with van der Waals surface area (Å²) >= 11 is 0. The average molecular weight is 207 g/mol. The highest BCUT2D eigenvalue weighted by Crippen LogP contribution is 2.47. The molecular weight excluding hydrogens is 186 g/mol. The van der Waals surface area contributed by atoms with E-state index >= 15 is 0 Å². The molecule has 3 heteroatoms. The van der Waals surface area contributed by atoms with Gasteiger partial charge in [-0.05, 0) is 38.1 Å². The summed E-state index contributed by atoms with van der Waals surface area (Å²) in [6, 6.07) is 0.667. The first kappa shape index (κ1) is 10.7. The molecule has 0 saturated heterocycles. The van der Waals surface area contributed by atoms with Crippen molar-refractivity contribution in [1.29, 1.82) is 0 Å². The lowest BCUT2D eigenvalue weighted by atomic mass is 10.0. The molecule has 15 heavy (non-hydrogen) atoms. The fourth-order valence-electron chi connectivity index (χ4n) is 1.88. The minimum absolute atomic E-state index is 0.592. The van der Waals surface area contributed by atoms with Gasteiger partial charge in [-0.1, -0.05) is 6.92 Å². The second kappa shape index (κ2) is 4.35. The molecule has 1 aliphatic rings. The standard InChI is InChI=1S/C12H21N3/c1-11(12(2)4-5-12)14-6-3-8-15-9-7-13-10-15/h7,9-11,14H,3-6,8H2,1-2H3. The second-order valence-electron chi connectivity index (χ2n) is 4.98. The Kier molecular flexibility index (Phi) is 3.10. The molecule has 1 aliphatic carbocycles. The maximum atomic E-state index is 4.03. The number of hydrogen-bond acceptors (Lipinski definition) is 2. The van der Waals surface area contributed by atoms with E-state index in [1.807, 2.05) is 18.7 Å². The third-order valence-electron chi connectivity index (χ3n) is 3.69. The topological polar surface area (TPSA) is 29.9 Å². The van der Waals surface area contributed by atoms with E-state index in [-0.39, 0.29) is 0 Å². The zero-order chi connectivity index (χ0) is 10.7. The fraction of sp³-hybridized carbons (Fsp3) is 0.750. The number of aromatic nitrogens is 2. The Morgan fingerprint density at radius 2 is 2.33 bits per heavy atom. The van der Waals surface area contributed by atoms with Crippen LogP contribution >= 0.6 is 0 Å². The maximum Gasteiger partial charge on any atom is 0.0945 e. The van der Waals surface area contributed by atoms with Gasteiger partial charge in [-0.15, -0.1) is 0 Å². The van der Waals surface area contributed by atoms with Crippen molar-refractivity contribution in [1.82, 2.24) is 14.9 Å². The molecule has 1 aromatic rings. The van der Waals surface area contributed by atoms with Crippen LogP contribution in [0.2, 0.25) is 0 Å². The number of aryl methyl sites for hydroxylation is 1. The fourth-order valence-corrected chi connectivity index (χ4v) is 1.88. The normalized spacial score (nSPS) is 20.1. The number of nitrogens with one attached hydrogen (secondary N) is 1. The van der Waals surface area contributed by atoms with Gasteiger partial charge in [-0.2, -0.15) is 0 Å². The van der Waals surface area contributed by atoms with Crippen LogP contribution < -0.4 is 5.32 Å². The summed E-state index contributed by atoms with van der Waals surface area (Å²) < 4.78 is 2.13. The van der Waals surface area contributed by atoms with Crippen LogP contribution in [0.15, 0.2) is 18.7 Å². The molecule has 3 nitrogen and oxygen atoms in total. The Hall–Kier alpha value is -0.830. The predicted molar refractivity (Wildman–Crippen MR) is 61.6 cm³/mol. The summed E-state index contributed by atoms with van der Waals surface area (Å²) in [6.07, 6.45) is 9.70. The number of rotatable bonds is 6. The van der Waals surface area contributed by atoms with E-state index in [9.17, 15) is 0 Å². The first-order valence-corrected chi connectivity index (χ1v) is 5.90. The molecule has 1 fully saturated rings. The van der Waals surface area contributed by atoms with Crippen LogP contribution in [0.5, 0.6) is 0 Å². The summed E-state index contributed by atoms with van der Waals surface area (Å²) in [5.74, 6) is 0. The van der Waals surface area contributed by atoms with Crippen molar-refractivity contribution in [3.05, 3.63) is 18.7 Å². The molecule has 0 bridgehead atoms. The van der Waals surface area contributed by atoms with E-state index in [0.29, 0.717) is 11.5 Å². The molecule has 0 aliphatic heterocycles. The van der Waals surface area contributed by atoms with Gasteiger partial charge in [0.2, 0.25) is 0 Å². The molecule has 1 heterocycles. The summed E-state index contributed by atoms with van der Waals surface area (Å²) in [6.45, 7) is 6.86. The molecule has 2 rings (SSSR count). The van der Waals surface area contributed by atoms with E-state index in [2.05, 4.69) is 28.7 Å².